The number of carbonyl (C=O) groups is 1. The van der Waals surface area contributed by atoms with E-state index in [0.29, 0.717) is 0 Å². The van der Waals surface area contributed by atoms with Crippen LogP contribution < -0.4 is 0 Å². The fourth-order valence-corrected chi connectivity index (χ4v) is 1.56. The number of rotatable bonds is 4. The number of hydrogen-bond donors (Lipinski definition) is 0. The SMILES string of the molecule is CCOC(=O)Cc1cnc(C)c(C#N)c1C(F)F. The van der Waals surface area contributed by atoms with Crippen molar-refractivity contribution in [3.05, 3.63) is 28.6 Å². The Bertz CT molecular complexity index is 496. The maximum atomic E-state index is 13.0. The van der Waals surface area contributed by atoms with E-state index in [1.807, 2.05) is 0 Å². The van der Waals surface area contributed by atoms with Crippen LogP contribution in [0.1, 0.15) is 35.7 Å². The summed E-state index contributed by atoms with van der Waals surface area (Å²) in [7, 11) is 0. The maximum absolute atomic E-state index is 13.0. The predicted molar refractivity (Wildman–Crippen MR) is 59.0 cm³/mol. The van der Waals surface area contributed by atoms with E-state index in [1.54, 1.807) is 13.0 Å². The first kappa shape index (κ1) is 14.0. The van der Waals surface area contributed by atoms with E-state index < -0.39 is 18.0 Å². The van der Waals surface area contributed by atoms with E-state index in [1.165, 1.54) is 13.1 Å². The van der Waals surface area contributed by atoms with Crippen LogP contribution in [-0.2, 0) is 16.0 Å². The third-order valence-corrected chi connectivity index (χ3v) is 2.36. The number of nitriles is 1. The van der Waals surface area contributed by atoms with Gasteiger partial charge in [-0.25, -0.2) is 8.78 Å². The number of halogens is 2. The molecule has 0 amide bonds. The lowest BCUT2D eigenvalue weighted by atomic mass is 10.0. The van der Waals surface area contributed by atoms with E-state index in [2.05, 4.69) is 9.72 Å². The molecule has 18 heavy (non-hydrogen) atoms. The van der Waals surface area contributed by atoms with Gasteiger partial charge >= 0.3 is 5.97 Å². The van der Waals surface area contributed by atoms with Crippen LogP contribution in [0.15, 0.2) is 6.20 Å². The molecular formula is C12H12F2N2O2. The fraction of sp³-hybridized carbons (Fsp3) is 0.417. The lowest BCUT2D eigenvalue weighted by Gasteiger charge is -2.11. The minimum absolute atomic E-state index is 0.0330. The third-order valence-electron chi connectivity index (χ3n) is 2.36. The summed E-state index contributed by atoms with van der Waals surface area (Å²) in [5.74, 6) is -0.617. The van der Waals surface area contributed by atoms with Crippen LogP contribution in [0.2, 0.25) is 0 Å². The van der Waals surface area contributed by atoms with E-state index in [0.717, 1.165) is 0 Å². The molecule has 1 aromatic heterocycles. The Morgan fingerprint density at radius 3 is 2.78 bits per heavy atom. The highest BCUT2D eigenvalue weighted by Crippen LogP contribution is 2.28. The number of ether oxygens (including phenoxy) is 1. The Kier molecular flexibility index (Phi) is 4.72. The van der Waals surface area contributed by atoms with Crippen LogP contribution in [0.3, 0.4) is 0 Å². The zero-order valence-electron chi connectivity index (χ0n) is 10.0. The van der Waals surface area contributed by atoms with Crippen LogP contribution in [0.5, 0.6) is 0 Å². The Morgan fingerprint density at radius 2 is 2.28 bits per heavy atom. The quantitative estimate of drug-likeness (QED) is 0.773. The zero-order chi connectivity index (χ0) is 13.7. The number of carbonyl (C=O) groups excluding carboxylic acids is 1. The van der Waals surface area contributed by atoms with Crippen LogP contribution in [0.25, 0.3) is 0 Å². The standard InChI is InChI=1S/C12H12F2N2O2/c1-3-18-10(17)4-8-6-16-7(2)9(5-15)11(8)12(13)14/h6,12H,3-4H2,1-2H3. The maximum Gasteiger partial charge on any atom is 0.310 e. The van der Waals surface area contributed by atoms with Gasteiger partial charge in [-0.2, -0.15) is 5.26 Å². The number of alkyl halides is 2. The smallest absolute Gasteiger partial charge is 0.310 e. The van der Waals surface area contributed by atoms with Crippen LogP contribution >= 0.6 is 0 Å². The van der Waals surface area contributed by atoms with Gasteiger partial charge in [-0.15, -0.1) is 0 Å². The van der Waals surface area contributed by atoms with Crippen molar-refractivity contribution >= 4 is 5.97 Å². The fourth-order valence-electron chi connectivity index (χ4n) is 1.56. The molecule has 0 spiro atoms. The van der Waals surface area contributed by atoms with Gasteiger partial charge in [-0.3, -0.25) is 9.78 Å². The number of aryl methyl sites for hydroxylation is 1. The molecule has 0 aromatic carbocycles. The molecule has 1 aromatic rings. The molecule has 0 atom stereocenters. The minimum Gasteiger partial charge on any atom is -0.466 e. The Labute approximate surface area is 103 Å². The van der Waals surface area contributed by atoms with Gasteiger partial charge in [0, 0.05) is 11.8 Å². The molecule has 0 fully saturated rings. The van der Waals surface area contributed by atoms with E-state index in [9.17, 15) is 13.6 Å². The molecule has 0 N–H and O–H groups in total. The van der Waals surface area contributed by atoms with Crippen molar-refractivity contribution in [2.75, 3.05) is 6.61 Å². The van der Waals surface area contributed by atoms with E-state index in [-0.39, 0.29) is 29.8 Å². The molecule has 0 bridgehead atoms. The Hall–Kier alpha value is -2.03. The molecule has 0 aliphatic rings. The van der Waals surface area contributed by atoms with E-state index in [4.69, 9.17) is 5.26 Å². The van der Waals surface area contributed by atoms with Gasteiger partial charge < -0.3 is 4.74 Å². The van der Waals surface area contributed by atoms with Crippen molar-refractivity contribution < 1.29 is 18.3 Å². The molecule has 0 saturated carbocycles. The van der Waals surface area contributed by atoms with Crippen molar-refractivity contribution in [2.45, 2.75) is 26.7 Å². The highest BCUT2D eigenvalue weighted by molar-refractivity contribution is 5.73. The van der Waals surface area contributed by atoms with Crippen molar-refractivity contribution in [3.63, 3.8) is 0 Å². The Morgan fingerprint density at radius 1 is 1.61 bits per heavy atom. The molecule has 0 aliphatic heterocycles. The van der Waals surface area contributed by atoms with Gasteiger partial charge in [-0.05, 0) is 19.4 Å². The highest BCUT2D eigenvalue weighted by atomic mass is 19.3. The second-order valence-electron chi connectivity index (χ2n) is 3.55. The number of nitrogens with zero attached hydrogens (tertiary/aromatic N) is 2. The lowest BCUT2D eigenvalue weighted by Crippen LogP contribution is -2.11. The number of aromatic nitrogens is 1. The largest absolute Gasteiger partial charge is 0.466 e. The van der Waals surface area contributed by atoms with Crippen LogP contribution in [-0.4, -0.2) is 17.6 Å². The molecule has 0 radical (unpaired) electrons. The second kappa shape index (κ2) is 6.05. The third kappa shape index (κ3) is 3.00. The first-order valence-electron chi connectivity index (χ1n) is 5.33. The first-order valence-corrected chi connectivity index (χ1v) is 5.33. The summed E-state index contributed by atoms with van der Waals surface area (Å²) in [6, 6.07) is 1.70. The minimum atomic E-state index is -2.83. The molecule has 0 aliphatic carbocycles. The molecule has 1 heterocycles. The lowest BCUT2D eigenvalue weighted by molar-refractivity contribution is -0.142. The second-order valence-corrected chi connectivity index (χ2v) is 3.55. The Balaban J connectivity index is 3.20. The van der Waals surface area contributed by atoms with Gasteiger partial charge in [0.15, 0.2) is 0 Å². The first-order chi connectivity index (χ1) is 8.51. The monoisotopic (exact) mass is 254 g/mol. The average Bonchev–Trinajstić information content (AvgIpc) is 2.30. The van der Waals surface area contributed by atoms with Gasteiger partial charge in [0.05, 0.1) is 24.3 Å². The van der Waals surface area contributed by atoms with Crippen molar-refractivity contribution in [3.8, 4) is 6.07 Å². The predicted octanol–water partition coefficient (Wildman–Crippen LogP) is 2.30. The molecular weight excluding hydrogens is 242 g/mol. The topological polar surface area (TPSA) is 63.0 Å². The van der Waals surface area contributed by atoms with Crippen LogP contribution in [0.4, 0.5) is 8.78 Å². The zero-order valence-corrected chi connectivity index (χ0v) is 10.0. The van der Waals surface area contributed by atoms with Gasteiger partial charge in [-0.1, -0.05) is 0 Å². The van der Waals surface area contributed by atoms with Gasteiger partial charge in [0.2, 0.25) is 0 Å². The summed E-state index contributed by atoms with van der Waals surface area (Å²) in [4.78, 5) is 15.1. The molecule has 4 nitrogen and oxygen atoms in total. The summed E-state index contributed by atoms with van der Waals surface area (Å²) >= 11 is 0. The molecule has 0 unspecified atom stereocenters. The van der Waals surface area contributed by atoms with E-state index >= 15 is 0 Å². The highest BCUT2D eigenvalue weighted by Gasteiger charge is 2.22. The normalized spacial score (nSPS) is 10.2. The summed E-state index contributed by atoms with van der Waals surface area (Å²) in [6.45, 7) is 3.27. The molecule has 0 saturated heterocycles. The van der Waals surface area contributed by atoms with Crippen molar-refractivity contribution in [2.24, 2.45) is 0 Å². The average molecular weight is 254 g/mol. The number of esters is 1. The van der Waals surface area contributed by atoms with Crippen LogP contribution in [0, 0.1) is 18.3 Å². The number of pyridine rings is 1. The van der Waals surface area contributed by atoms with Gasteiger partial charge in [0.25, 0.3) is 6.43 Å². The summed E-state index contributed by atoms with van der Waals surface area (Å²) in [5, 5.41) is 8.87. The number of hydrogen-bond acceptors (Lipinski definition) is 4. The molecule has 96 valence electrons. The molecule has 1 rings (SSSR count). The van der Waals surface area contributed by atoms with Crippen molar-refractivity contribution in [1.82, 2.24) is 4.98 Å². The summed E-state index contributed by atoms with van der Waals surface area (Å²) < 4.78 is 30.6. The summed E-state index contributed by atoms with van der Waals surface area (Å²) in [6.07, 6.45) is -1.95. The van der Waals surface area contributed by atoms with Crippen molar-refractivity contribution in [1.29, 1.82) is 5.26 Å². The molecule has 6 heteroatoms. The summed E-state index contributed by atoms with van der Waals surface area (Å²) in [5.41, 5.74) is -0.351. The van der Waals surface area contributed by atoms with Gasteiger partial charge in [0.1, 0.15) is 6.07 Å².